The maximum absolute atomic E-state index is 10.6. The quantitative estimate of drug-likeness (QED) is 0.407. The highest BCUT2D eigenvalue weighted by Crippen LogP contribution is 2.16. The molecule has 0 bridgehead atoms. The van der Waals surface area contributed by atoms with Crippen molar-refractivity contribution in [2.45, 2.75) is 31.9 Å². The van der Waals surface area contributed by atoms with Crippen LogP contribution < -0.4 is 17.6 Å². The Bertz CT molecular complexity index is 195. The van der Waals surface area contributed by atoms with Crippen molar-refractivity contribution in [2.24, 2.45) is 11.5 Å². The van der Waals surface area contributed by atoms with Crippen LogP contribution in [0.15, 0.2) is 0 Å². The van der Waals surface area contributed by atoms with Crippen LogP contribution in [0.1, 0.15) is 19.3 Å². The molecule has 0 fully saturated rings. The molecule has 0 saturated heterocycles. The number of carbonyl (C=O) groups is 1. The van der Waals surface area contributed by atoms with E-state index in [1.807, 2.05) is 6.55 Å². The fourth-order valence-electron chi connectivity index (χ4n) is 1.19. The average molecular weight is 251 g/mol. The molecule has 0 aromatic carbocycles. The summed E-state index contributed by atoms with van der Waals surface area (Å²) in [5.41, 5.74) is 10.4. The van der Waals surface area contributed by atoms with Gasteiger partial charge in [-0.15, -0.1) is 0 Å². The van der Waals surface area contributed by atoms with Crippen molar-refractivity contribution < 1.29 is 13.6 Å². The molecule has 0 aliphatic carbocycles. The zero-order chi connectivity index (χ0) is 11.7. The molecule has 1 atom stereocenters. The van der Waals surface area contributed by atoms with Crippen molar-refractivity contribution in [2.75, 3.05) is 20.3 Å². The summed E-state index contributed by atoms with van der Waals surface area (Å²) in [6.45, 7) is 3.24. The van der Waals surface area contributed by atoms with Crippen molar-refractivity contribution in [3.05, 3.63) is 0 Å². The predicted molar refractivity (Wildman–Crippen MR) is 66.5 cm³/mol. The van der Waals surface area contributed by atoms with Crippen LogP contribution in [0.2, 0.25) is 12.6 Å². The molecule has 1 unspecified atom stereocenters. The molecule has 1 amide bonds. The maximum atomic E-state index is 10.6. The van der Waals surface area contributed by atoms with Crippen molar-refractivity contribution >= 4 is 14.5 Å². The van der Waals surface area contributed by atoms with Gasteiger partial charge in [-0.1, -0.05) is 0 Å². The summed E-state index contributed by atoms with van der Waals surface area (Å²) < 4.78 is 11.1. The first kappa shape index (κ1) is 17.9. The zero-order valence-corrected chi connectivity index (χ0v) is 11.3. The van der Waals surface area contributed by atoms with Gasteiger partial charge in [-0.3, -0.25) is 4.79 Å². The molecule has 0 aromatic rings. The van der Waals surface area contributed by atoms with E-state index < -0.39 is 8.56 Å². The summed E-state index contributed by atoms with van der Waals surface area (Å²) in [7, 11) is -0.439. The zero-order valence-electron chi connectivity index (χ0n) is 10.3. The summed E-state index contributed by atoms with van der Waals surface area (Å²) >= 11 is 0. The van der Waals surface area contributed by atoms with Gasteiger partial charge in [0.05, 0.1) is 0 Å². The van der Waals surface area contributed by atoms with E-state index in [-0.39, 0.29) is 12.1 Å². The van der Waals surface area contributed by atoms with Crippen molar-refractivity contribution in [1.29, 1.82) is 0 Å². The van der Waals surface area contributed by atoms with Crippen LogP contribution in [0, 0.1) is 0 Å². The third-order valence-corrected chi connectivity index (χ3v) is 5.18. The highest BCUT2D eigenvalue weighted by atomic mass is 28.4. The lowest BCUT2D eigenvalue weighted by molar-refractivity contribution is -0.118. The van der Waals surface area contributed by atoms with Gasteiger partial charge in [-0.25, -0.2) is 0 Å². The minimum Gasteiger partial charge on any atom is -0.398 e. The summed E-state index contributed by atoms with van der Waals surface area (Å²) in [5.74, 6) is -0.274. The molecule has 0 radical (unpaired) electrons. The minimum atomic E-state index is -2.09. The van der Waals surface area contributed by atoms with Crippen LogP contribution in [-0.4, -0.2) is 34.7 Å². The van der Waals surface area contributed by atoms with E-state index in [4.69, 9.17) is 20.3 Å². The van der Waals surface area contributed by atoms with Crippen LogP contribution in [-0.2, 0) is 13.6 Å². The lowest BCUT2D eigenvalue weighted by atomic mass is 10.3. The van der Waals surface area contributed by atoms with Gasteiger partial charge in [0.2, 0.25) is 5.91 Å². The summed E-state index contributed by atoms with van der Waals surface area (Å²) in [5, 5.41) is 0. The van der Waals surface area contributed by atoms with E-state index in [1.54, 1.807) is 7.11 Å². The second-order valence-electron chi connectivity index (χ2n) is 3.65. The van der Waals surface area contributed by atoms with Gasteiger partial charge in [-0.05, 0) is 32.0 Å². The number of carbonyl (C=O) groups excluding carboxylic acids is 1. The minimum absolute atomic E-state index is 0. The molecule has 7 heteroatoms. The van der Waals surface area contributed by atoms with Gasteiger partial charge in [-0.2, -0.15) is 0 Å². The first-order valence-electron chi connectivity index (χ1n) is 5.21. The Balaban J connectivity index is 0. The number of amides is 1. The smallest absolute Gasteiger partial charge is 0.334 e. The van der Waals surface area contributed by atoms with E-state index in [1.165, 1.54) is 0 Å². The van der Waals surface area contributed by atoms with Gasteiger partial charge in [0, 0.05) is 20.1 Å². The lowest BCUT2D eigenvalue weighted by Crippen LogP contribution is -2.38. The van der Waals surface area contributed by atoms with Crippen molar-refractivity contribution in [3.8, 4) is 0 Å². The van der Waals surface area contributed by atoms with Crippen LogP contribution in [0.4, 0.5) is 0 Å². The molecule has 16 heavy (non-hydrogen) atoms. The normalized spacial score (nSPS) is 13.9. The van der Waals surface area contributed by atoms with Crippen LogP contribution >= 0.6 is 0 Å². The molecule has 0 saturated carbocycles. The number of nitrogens with two attached hydrogens (primary N) is 2. The topological polar surface area (TPSA) is 123 Å². The first-order chi connectivity index (χ1) is 7.04. The third-order valence-electron chi connectivity index (χ3n) is 2.24. The fourth-order valence-corrected chi connectivity index (χ4v) is 3.05. The molecule has 0 spiro atoms. The summed E-state index contributed by atoms with van der Waals surface area (Å²) in [6.07, 6.45) is 1.96. The monoisotopic (exact) mass is 251 g/mol. The second kappa shape index (κ2) is 9.73. The number of hydrogen-bond acceptors (Lipinski definition) is 5. The molecule has 98 valence electrons. The molecule has 7 N–H and O–H groups in total. The van der Waals surface area contributed by atoms with Crippen LogP contribution in [0.25, 0.3) is 0 Å². The van der Waals surface area contributed by atoms with E-state index in [0.717, 1.165) is 18.9 Å². The Kier molecular flexibility index (Phi) is 10.9. The first-order valence-corrected chi connectivity index (χ1v) is 7.74. The SMILES string of the molecule is CO[Si](C)(CCCC(N)=O)OCCCN.N. The van der Waals surface area contributed by atoms with Crippen LogP contribution in [0.5, 0.6) is 0 Å². The van der Waals surface area contributed by atoms with Crippen molar-refractivity contribution in [3.63, 3.8) is 0 Å². The molecular formula is C9H25N3O3Si. The molecule has 6 nitrogen and oxygen atoms in total. The van der Waals surface area contributed by atoms with E-state index in [2.05, 4.69) is 0 Å². The van der Waals surface area contributed by atoms with Crippen LogP contribution in [0.3, 0.4) is 0 Å². The van der Waals surface area contributed by atoms with Gasteiger partial charge >= 0.3 is 8.56 Å². The predicted octanol–water partition coefficient (Wildman–Crippen LogP) is 0.498. The van der Waals surface area contributed by atoms with Gasteiger partial charge < -0.3 is 26.5 Å². The highest BCUT2D eigenvalue weighted by molar-refractivity contribution is 6.65. The fraction of sp³-hybridized carbons (Fsp3) is 0.889. The molecule has 0 heterocycles. The molecule has 0 rings (SSSR count). The molecular weight excluding hydrogens is 226 g/mol. The average Bonchev–Trinajstić information content (AvgIpc) is 2.18. The standard InChI is InChI=1S/C9H22N2O3Si.H3N/c1-13-15(2,14-7-4-6-10)8-3-5-9(11)12;/h3-8,10H2,1-2H3,(H2,11,12);1H3. The molecule has 0 aliphatic heterocycles. The maximum Gasteiger partial charge on any atom is 0.334 e. The Morgan fingerprint density at radius 2 is 2.00 bits per heavy atom. The third kappa shape index (κ3) is 8.80. The Morgan fingerprint density at radius 1 is 1.38 bits per heavy atom. The number of hydrogen-bond donors (Lipinski definition) is 3. The van der Waals surface area contributed by atoms with Gasteiger partial charge in [0.25, 0.3) is 0 Å². The van der Waals surface area contributed by atoms with Gasteiger partial charge in [0.15, 0.2) is 0 Å². The molecule has 0 aliphatic rings. The largest absolute Gasteiger partial charge is 0.398 e. The lowest BCUT2D eigenvalue weighted by Gasteiger charge is -2.24. The number of primary amides is 1. The Labute approximate surface area is 98.5 Å². The van der Waals surface area contributed by atoms with Crippen molar-refractivity contribution in [1.82, 2.24) is 6.15 Å². The van der Waals surface area contributed by atoms with E-state index in [9.17, 15) is 4.79 Å². The summed E-state index contributed by atoms with van der Waals surface area (Å²) in [4.78, 5) is 10.6. The Hall–Kier alpha value is -0.473. The highest BCUT2D eigenvalue weighted by Gasteiger charge is 2.29. The Morgan fingerprint density at radius 3 is 2.44 bits per heavy atom. The van der Waals surface area contributed by atoms with E-state index >= 15 is 0 Å². The summed E-state index contributed by atoms with van der Waals surface area (Å²) in [6, 6.07) is 0.789. The number of rotatable bonds is 9. The molecule has 0 aromatic heterocycles. The van der Waals surface area contributed by atoms with Gasteiger partial charge in [0.1, 0.15) is 0 Å². The second-order valence-corrected chi connectivity index (χ2v) is 7.11. The van der Waals surface area contributed by atoms with E-state index in [0.29, 0.717) is 19.6 Å².